The zero-order valence-corrected chi connectivity index (χ0v) is 22.9. The maximum Gasteiger partial charge on any atom is 0.0972 e. The Balaban J connectivity index is 1.28. The number of nitrogens with zero attached hydrogens (tertiary/aromatic N) is 2. The lowest BCUT2D eigenvalue weighted by atomic mass is 9.79. The maximum atomic E-state index is 5.12. The molecule has 192 valence electrons. The van der Waals surface area contributed by atoms with E-state index in [4.69, 9.17) is 4.98 Å². The molecular weight excluding hydrogens is 496 g/mol. The molecule has 0 radical (unpaired) electrons. The minimum absolute atomic E-state index is 0.121. The molecule has 2 aromatic heterocycles. The first kappa shape index (κ1) is 22.7. The van der Waals surface area contributed by atoms with Crippen LogP contribution in [0.1, 0.15) is 25.0 Å². The average molecular weight is 523 g/mol. The van der Waals surface area contributed by atoms with Crippen molar-refractivity contribution in [3.63, 3.8) is 0 Å². The highest BCUT2D eigenvalue weighted by molar-refractivity contribution is 6.19. The predicted molar refractivity (Wildman–Crippen MR) is 173 cm³/mol. The van der Waals surface area contributed by atoms with Crippen molar-refractivity contribution in [2.45, 2.75) is 19.3 Å². The first-order valence-electron chi connectivity index (χ1n) is 14.3. The third kappa shape index (κ3) is 3.08. The van der Waals surface area contributed by atoms with Crippen LogP contribution in [0.3, 0.4) is 0 Å². The zero-order chi connectivity index (χ0) is 27.3. The number of benzene rings is 6. The molecule has 0 saturated heterocycles. The van der Waals surface area contributed by atoms with Gasteiger partial charge in [0.1, 0.15) is 0 Å². The molecule has 8 aromatic rings. The lowest BCUT2D eigenvalue weighted by molar-refractivity contribution is 0.667. The summed E-state index contributed by atoms with van der Waals surface area (Å²) in [5, 5.41) is 10.1. The fourth-order valence-corrected chi connectivity index (χ4v) is 7.27. The summed E-state index contributed by atoms with van der Waals surface area (Å²) < 4.78 is 0. The van der Waals surface area contributed by atoms with Crippen molar-refractivity contribution < 1.29 is 0 Å². The third-order valence-electron chi connectivity index (χ3n) is 9.21. The minimum Gasteiger partial charge on any atom is -0.254 e. The topological polar surface area (TPSA) is 25.8 Å². The molecule has 2 nitrogen and oxygen atoms in total. The summed E-state index contributed by atoms with van der Waals surface area (Å²) in [5.74, 6) is 0. The maximum absolute atomic E-state index is 5.12. The number of aromatic nitrogens is 2. The van der Waals surface area contributed by atoms with E-state index >= 15 is 0 Å². The number of fused-ring (bicyclic) bond motifs is 12. The SMILES string of the molecule is CC1(C)c2cc3cc(-c4ccc5ccc6cccnc6c5n4)ccc3cc2-c2c1c1ccccc1c1ccccc21. The van der Waals surface area contributed by atoms with Crippen molar-refractivity contribution in [2.75, 3.05) is 0 Å². The smallest absolute Gasteiger partial charge is 0.0972 e. The highest BCUT2D eigenvalue weighted by Gasteiger charge is 2.38. The van der Waals surface area contributed by atoms with Gasteiger partial charge in [-0.3, -0.25) is 4.98 Å². The highest BCUT2D eigenvalue weighted by atomic mass is 14.7. The molecule has 9 rings (SSSR count). The Hall–Kier alpha value is -5.08. The van der Waals surface area contributed by atoms with E-state index in [9.17, 15) is 0 Å². The molecule has 0 amide bonds. The largest absolute Gasteiger partial charge is 0.254 e. The van der Waals surface area contributed by atoms with Crippen LogP contribution in [0, 0.1) is 0 Å². The van der Waals surface area contributed by atoms with E-state index in [-0.39, 0.29) is 5.41 Å². The van der Waals surface area contributed by atoms with Crippen LogP contribution in [0.2, 0.25) is 0 Å². The van der Waals surface area contributed by atoms with Crippen molar-refractivity contribution in [3.8, 4) is 22.4 Å². The number of hydrogen-bond acceptors (Lipinski definition) is 2. The van der Waals surface area contributed by atoms with Crippen LogP contribution in [0.5, 0.6) is 0 Å². The zero-order valence-electron chi connectivity index (χ0n) is 22.9. The Morgan fingerprint density at radius 1 is 0.537 bits per heavy atom. The molecule has 1 aliphatic rings. The van der Waals surface area contributed by atoms with Gasteiger partial charge >= 0.3 is 0 Å². The third-order valence-corrected chi connectivity index (χ3v) is 9.21. The van der Waals surface area contributed by atoms with E-state index in [0.717, 1.165) is 33.1 Å². The van der Waals surface area contributed by atoms with E-state index in [1.54, 1.807) is 0 Å². The molecule has 0 spiro atoms. The standard InChI is InChI=1S/C39H26N2/c1-39(2)33-22-27-20-26(34-18-17-24-14-13-23-8-7-19-40-37(23)38(24)41-34)16-15-25(27)21-32(33)35-30-11-5-3-9-28(30)29-10-4-6-12-31(29)36(35)39/h3-22H,1-2H3. The van der Waals surface area contributed by atoms with Crippen LogP contribution in [0.15, 0.2) is 121 Å². The van der Waals surface area contributed by atoms with Gasteiger partial charge in [-0.25, -0.2) is 4.98 Å². The second kappa shape index (κ2) is 7.99. The Morgan fingerprint density at radius 3 is 2.05 bits per heavy atom. The molecule has 0 N–H and O–H groups in total. The van der Waals surface area contributed by atoms with Crippen LogP contribution < -0.4 is 0 Å². The first-order valence-corrected chi connectivity index (χ1v) is 14.3. The summed E-state index contributed by atoms with van der Waals surface area (Å²) in [5.41, 5.74) is 9.44. The van der Waals surface area contributed by atoms with Gasteiger partial charge in [0.15, 0.2) is 0 Å². The fourth-order valence-electron chi connectivity index (χ4n) is 7.27. The van der Waals surface area contributed by atoms with Crippen molar-refractivity contribution in [2.24, 2.45) is 0 Å². The second-order valence-electron chi connectivity index (χ2n) is 11.8. The molecule has 0 aliphatic heterocycles. The normalized spacial score (nSPS) is 13.8. The number of rotatable bonds is 1. The van der Waals surface area contributed by atoms with Crippen molar-refractivity contribution >= 4 is 54.1 Å². The first-order chi connectivity index (χ1) is 20.1. The molecule has 6 aromatic carbocycles. The van der Waals surface area contributed by atoms with Gasteiger partial charge in [0, 0.05) is 27.9 Å². The molecule has 0 fully saturated rings. The molecule has 0 bridgehead atoms. The van der Waals surface area contributed by atoms with Gasteiger partial charge in [-0.05, 0) is 84.9 Å². The molecular formula is C39H26N2. The van der Waals surface area contributed by atoms with Gasteiger partial charge in [-0.15, -0.1) is 0 Å². The minimum atomic E-state index is -0.121. The summed E-state index contributed by atoms with van der Waals surface area (Å²) in [7, 11) is 0. The van der Waals surface area contributed by atoms with E-state index in [1.165, 1.54) is 54.6 Å². The van der Waals surface area contributed by atoms with E-state index in [2.05, 4.69) is 128 Å². The second-order valence-corrected chi connectivity index (χ2v) is 11.8. The van der Waals surface area contributed by atoms with Crippen LogP contribution in [0.4, 0.5) is 0 Å². The van der Waals surface area contributed by atoms with Gasteiger partial charge in [-0.1, -0.05) is 98.8 Å². The van der Waals surface area contributed by atoms with Crippen molar-refractivity contribution in [1.82, 2.24) is 9.97 Å². The monoisotopic (exact) mass is 522 g/mol. The Morgan fingerprint density at radius 2 is 1.22 bits per heavy atom. The van der Waals surface area contributed by atoms with Gasteiger partial charge in [0.25, 0.3) is 0 Å². The number of hydrogen-bond donors (Lipinski definition) is 0. The molecule has 0 unspecified atom stereocenters. The lowest BCUT2D eigenvalue weighted by Gasteiger charge is -2.24. The van der Waals surface area contributed by atoms with E-state index in [0.29, 0.717) is 0 Å². The van der Waals surface area contributed by atoms with Crippen LogP contribution in [-0.2, 0) is 5.41 Å². The van der Waals surface area contributed by atoms with Crippen LogP contribution in [-0.4, -0.2) is 9.97 Å². The Bertz CT molecular complexity index is 2400. The average Bonchev–Trinajstić information content (AvgIpc) is 3.25. The fraction of sp³-hybridized carbons (Fsp3) is 0.0769. The molecule has 1 aliphatic carbocycles. The molecule has 2 heterocycles. The van der Waals surface area contributed by atoms with Gasteiger partial charge in [0.05, 0.1) is 16.7 Å². The predicted octanol–water partition coefficient (Wildman–Crippen LogP) is 10.2. The van der Waals surface area contributed by atoms with Gasteiger partial charge in [-0.2, -0.15) is 0 Å². The van der Waals surface area contributed by atoms with Gasteiger partial charge < -0.3 is 0 Å². The Labute approximate surface area is 237 Å². The summed E-state index contributed by atoms with van der Waals surface area (Å²) >= 11 is 0. The summed E-state index contributed by atoms with van der Waals surface area (Å²) in [6.45, 7) is 4.77. The Kier molecular flexibility index (Phi) is 4.42. The molecule has 41 heavy (non-hydrogen) atoms. The van der Waals surface area contributed by atoms with E-state index in [1.807, 2.05) is 12.3 Å². The summed E-state index contributed by atoms with van der Waals surface area (Å²) in [4.78, 5) is 9.77. The quantitative estimate of drug-likeness (QED) is 0.200. The van der Waals surface area contributed by atoms with E-state index < -0.39 is 0 Å². The molecule has 0 atom stereocenters. The van der Waals surface area contributed by atoms with Crippen molar-refractivity contribution in [3.05, 3.63) is 133 Å². The van der Waals surface area contributed by atoms with Crippen LogP contribution >= 0.6 is 0 Å². The number of pyridine rings is 2. The molecule has 2 heteroatoms. The van der Waals surface area contributed by atoms with Gasteiger partial charge in [0.2, 0.25) is 0 Å². The van der Waals surface area contributed by atoms with Crippen LogP contribution in [0.25, 0.3) is 76.5 Å². The summed E-state index contributed by atoms with van der Waals surface area (Å²) in [6, 6.07) is 42.0. The highest BCUT2D eigenvalue weighted by Crippen LogP contribution is 2.55. The van der Waals surface area contributed by atoms with Crippen molar-refractivity contribution in [1.29, 1.82) is 0 Å². The molecule has 0 saturated carbocycles. The lowest BCUT2D eigenvalue weighted by Crippen LogP contribution is -2.15. The summed E-state index contributed by atoms with van der Waals surface area (Å²) in [6.07, 6.45) is 1.85.